The highest BCUT2D eigenvalue weighted by Crippen LogP contribution is 2.29. The van der Waals surface area contributed by atoms with Crippen LogP contribution in [0.4, 0.5) is 0 Å². The first-order chi connectivity index (χ1) is 13.0. The molecule has 1 saturated carbocycles. The van der Waals surface area contributed by atoms with Gasteiger partial charge in [-0.25, -0.2) is 9.97 Å². The summed E-state index contributed by atoms with van der Waals surface area (Å²) in [6.07, 6.45) is 6.75. The summed E-state index contributed by atoms with van der Waals surface area (Å²) in [6.45, 7) is 0. The van der Waals surface area contributed by atoms with Gasteiger partial charge in [-0.15, -0.1) is 0 Å². The second-order valence-corrected chi connectivity index (χ2v) is 7.81. The van der Waals surface area contributed by atoms with Gasteiger partial charge >= 0.3 is 0 Å². The molecule has 0 saturated heterocycles. The van der Waals surface area contributed by atoms with Crippen molar-refractivity contribution in [2.24, 2.45) is 0 Å². The number of aliphatic hydroxyl groups is 1. The first-order valence-corrected chi connectivity index (χ1v) is 9.76. The number of fused-ring (bicyclic) bond motifs is 1. The fourth-order valence-corrected chi connectivity index (χ4v) is 4.16. The van der Waals surface area contributed by atoms with E-state index in [-0.39, 0.29) is 11.6 Å². The number of hydrogen-bond donors (Lipinski definition) is 1. The molecule has 0 bridgehead atoms. The van der Waals surface area contributed by atoms with Gasteiger partial charge < -0.3 is 5.11 Å². The molecule has 140 valence electrons. The molecule has 0 amide bonds. The van der Waals surface area contributed by atoms with Crippen LogP contribution in [0.5, 0.6) is 0 Å². The van der Waals surface area contributed by atoms with Crippen LogP contribution >= 0.6 is 23.2 Å². The number of pyridine rings is 1. The summed E-state index contributed by atoms with van der Waals surface area (Å²) in [7, 11) is 0. The van der Waals surface area contributed by atoms with E-state index in [0.717, 1.165) is 30.4 Å². The Morgan fingerprint density at radius 3 is 2.67 bits per heavy atom. The third-order valence-electron chi connectivity index (χ3n) is 5.15. The molecule has 0 spiro atoms. The lowest BCUT2D eigenvalue weighted by Crippen LogP contribution is -2.34. The van der Waals surface area contributed by atoms with Gasteiger partial charge in [0.2, 0.25) is 0 Å². The van der Waals surface area contributed by atoms with E-state index in [0.29, 0.717) is 33.9 Å². The lowest BCUT2D eigenvalue weighted by Gasteiger charge is -2.29. The van der Waals surface area contributed by atoms with Crippen LogP contribution in [0, 0.1) is 0 Å². The van der Waals surface area contributed by atoms with Crippen molar-refractivity contribution >= 4 is 34.1 Å². The van der Waals surface area contributed by atoms with E-state index in [1.54, 1.807) is 16.8 Å². The zero-order chi connectivity index (χ0) is 19.0. The molecule has 0 radical (unpaired) electrons. The molecule has 1 aromatic carbocycles. The highest BCUT2D eigenvalue weighted by molar-refractivity contribution is 6.35. The Morgan fingerprint density at radius 1 is 1.11 bits per heavy atom. The van der Waals surface area contributed by atoms with Gasteiger partial charge in [0.1, 0.15) is 5.15 Å². The number of rotatable bonds is 3. The SMILES string of the molecule is O=c1c2cc(Cc3ccc(Cl)nc3)cc(Cl)c2ncn1C1CCCCC1O. The van der Waals surface area contributed by atoms with Crippen molar-refractivity contribution in [3.05, 3.63) is 68.4 Å². The molecule has 1 fully saturated rings. The molecule has 4 rings (SSSR count). The number of aliphatic hydroxyl groups excluding tert-OH is 1. The number of aromatic nitrogens is 3. The maximum Gasteiger partial charge on any atom is 0.261 e. The smallest absolute Gasteiger partial charge is 0.261 e. The van der Waals surface area contributed by atoms with E-state index in [4.69, 9.17) is 23.2 Å². The minimum atomic E-state index is -0.519. The standard InChI is InChI=1S/C20H19Cl2N3O2/c21-15-9-13(7-12-5-6-18(22)23-10-12)8-14-19(15)24-11-25(20(14)27)16-3-1-2-4-17(16)26/h5-6,8-11,16-17,26H,1-4,7H2. The predicted octanol–water partition coefficient (Wildman–Crippen LogP) is 4.17. The van der Waals surface area contributed by atoms with Crippen LogP contribution in [0.1, 0.15) is 42.9 Å². The molecule has 2 atom stereocenters. The zero-order valence-electron chi connectivity index (χ0n) is 14.6. The van der Waals surface area contributed by atoms with Crippen molar-refractivity contribution in [3.63, 3.8) is 0 Å². The van der Waals surface area contributed by atoms with Crippen molar-refractivity contribution in [1.29, 1.82) is 0 Å². The Bertz CT molecular complexity index is 1030. The van der Waals surface area contributed by atoms with E-state index >= 15 is 0 Å². The van der Waals surface area contributed by atoms with E-state index in [1.807, 2.05) is 18.2 Å². The molecule has 2 unspecified atom stereocenters. The van der Waals surface area contributed by atoms with Gasteiger partial charge in [-0.3, -0.25) is 9.36 Å². The van der Waals surface area contributed by atoms with Crippen LogP contribution < -0.4 is 5.56 Å². The van der Waals surface area contributed by atoms with Gasteiger partial charge in [-0.05, 0) is 48.6 Å². The number of benzene rings is 1. The average molecular weight is 404 g/mol. The van der Waals surface area contributed by atoms with E-state index < -0.39 is 6.10 Å². The Balaban J connectivity index is 1.76. The minimum Gasteiger partial charge on any atom is -0.391 e. The topological polar surface area (TPSA) is 68.0 Å². The Labute approximate surface area is 166 Å². The van der Waals surface area contributed by atoms with Gasteiger partial charge in [0.05, 0.1) is 34.4 Å². The van der Waals surface area contributed by atoms with Crippen molar-refractivity contribution in [2.45, 2.75) is 44.2 Å². The summed E-state index contributed by atoms with van der Waals surface area (Å²) in [5, 5.41) is 11.7. The summed E-state index contributed by atoms with van der Waals surface area (Å²) in [6, 6.07) is 7.05. The summed E-state index contributed by atoms with van der Waals surface area (Å²) in [5.74, 6) is 0. The summed E-state index contributed by atoms with van der Waals surface area (Å²) in [5.41, 5.74) is 2.20. The van der Waals surface area contributed by atoms with Crippen molar-refractivity contribution in [2.75, 3.05) is 0 Å². The zero-order valence-corrected chi connectivity index (χ0v) is 16.1. The van der Waals surface area contributed by atoms with Crippen molar-refractivity contribution in [3.8, 4) is 0 Å². The van der Waals surface area contributed by atoms with Gasteiger partial charge in [0, 0.05) is 6.20 Å². The molecule has 5 nitrogen and oxygen atoms in total. The first kappa shape index (κ1) is 18.4. The normalized spacial score (nSPS) is 20.1. The molecule has 7 heteroatoms. The highest BCUT2D eigenvalue weighted by atomic mass is 35.5. The largest absolute Gasteiger partial charge is 0.391 e. The average Bonchev–Trinajstić information content (AvgIpc) is 2.65. The molecular formula is C20H19Cl2N3O2. The van der Waals surface area contributed by atoms with Gasteiger partial charge in [0.25, 0.3) is 5.56 Å². The van der Waals surface area contributed by atoms with Crippen molar-refractivity contribution in [1.82, 2.24) is 14.5 Å². The van der Waals surface area contributed by atoms with Crippen LogP contribution in [-0.2, 0) is 6.42 Å². The molecular weight excluding hydrogens is 385 g/mol. The van der Waals surface area contributed by atoms with Gasteiger partial charge in [0.15, 0.2) is 0 Å². The monoisotopic (exact) mass is 403 g/mol. The minimum absolute atomic E-state index is 0.163. The fourth-order valence-electron chi connectivity index (χ4n) is 3.76. The van der Waals surface area contributed by atoms with E-state index in [2.05, 4.69) is 9.97 Å². The van der Waals surface area contributed by atoms with Crippen LogP contribution in [0.15, 0.2) is 41.6 Å². The van der Waals surface area contributed by atoms with Crippen LogP contribution in [0.25, 0.3) is 10.9 Å². The Kier molecular flexibility index (Phi) is 5.17. The molecule has 2 aromatic heterocycles. The second-order valence-electron chi connectivity index (χ2n) is 7.02. The first-order valence-electron chi connectivity index (χ1n) is 9.00. The number of hydrogen-bond acceptors (Lipinski definition) is 4. The van der Waals surface area contributed by atoms with E-state index in [1.165, 1.54) is 6.33 Å². The summed E-state index contributed by atoms with van der Waals surface area (Å²) in [4.78, 5) is 21.6. The number of halogens is 2. The predicted molar refractivity (Wildman–Crippen MR) is 107 cm³/mol. The Hall–Kier alpha value is -1.95. The maximum atomic E-state index is 13.1. The maximum absolute atomic E-state index is 13.1. The van der Waals surface area contributed by atoms with E-state index in [9.17, 15) is 9.90 Å². The molecule has 1 aliphatic rings. The molecule has 3 aromatic rings. The lowest BCUT2D eigenvalue weighted by molar-refractivity contribution is 0.0735. The van der Waals surface area contributed by atoms with Crippen LogP contribution in [0.2, 0.25) is 10.2 Å². The summed E-state index contributed by atoms with van der Waals surface area (Å²) >= 11 is 12.2. The van der Waals surface area contributed by atoms with Crippen molar-refractivity contribution < 1.29 is 5.11 Å². The van der Waals surface area contributed by atoms with Crippen LogP contribution in [-0.4, -0.2) is 25.7 Å². The third-order valence-corrected chi connectivity index (χ3v) is 5.66. The van der Waals surface area contributed by atoms with Gasteiger partial charge in [-0.1, -0.05) is 42.1 Å². The molecule has 1 aliphatic carbocycles. The molecule has 2 heterocycles. The molecule has 1 N–H and O–H groups in total. The fraction of sp³-hybridized carbons (Fsp3) is 0.350. The summed E-state index contributed by atoms with van der Waals surface area (Å²) < 4.78 is 1.57. The quantitative estimate of drug-likeness (QED) is 0.666. The molecule has 0 aliphatic heterocycles. The number of nitrogens with zero attached hydrogens (tertiary/aromatic N) is 3. The van der Waals surface area contributed by atoms with Gasteiger partial charge in [-0.2, -0.15) is 0 Å². The Morgan fingerprint density at radius 2 is 1.93 bits per heavy atom. The van der Waals surface area contributed by atoms with Crippen LogP contribution in [0.3, 0.4) is 0 Å². The highest BCUT2D eigenvalue weighted by Gasteiger charge is 2.26. The lowest BCUT2D eigenvalue weighted by atomic mass is 9.92. The molecule has 27 heavy (non-hydrogen) atoms. The second kappa shape index (κ2) is 7.58. The third kappa shape index (κ3) is 3.72.